The predicted octanol–water partition coefficient (Wildman–Crippen LogP) is 0.632. The van der Waals surface area contributed by atoms with Gasteiger partial charge in [-0.15, -0.1) is 0 Å². The molecule has 0 bridgehead atoms. The zero-order valence-electron chi connectivity index (χ0n) is 16.3. The topological polar surface area (TPSA) is 108 Å². The van der Waals surface area contributed by atoms with E-state index in [0.29, 0.717) is 30.9 Å². The van der Waals surface area contributed by atoms with E-state index in [1.165, 1.54) is 12.0 Å². The van der Waals surface area contributed by atoms with E-state index in [1.54, 1.807) is 17.0 Å². The highest BCUT2D eigenvalue weighted by atomic mass is 16.5. The summed E-state index contributed by atoms with van der Waals surface area (Å²) >= 11 is 0. The molecule has 0 aromatic heterocycles. The lowest BCUT2D eigenvalue weighted by Gasteiger charge is -2.33. The Labute approximate surface area is 168 Å². The number of rotatable bonds is 5. The molecule has 5 amide bonds. The SMILES string of the molecule is COc1ccc2c(c1)C(=O)N(CC1(CC(=O)N3CCCCC3)NC(=O)NC1=O)C2. The number of carbonyl (C=O) groups is 4. The van der Waals surface area contributed by atoms with Crippen LogP contribution in [0.2, 0.25) is 0 Å². The van der Waals surface area contributed by atoms with Crippen molar-refractivity contribution in [3.8, 4) is 5.75 Å². The number of ether oxygens (including phenoxy) is 1. The Hall–Kier alpha value is -3.10. The van der Waals surface area contributed by atoms with Crippen LogP contribution in [0.1, 0.15) is 41.6 Å². The first-order chi connectivity index (χ1) is 13.9. The summed E-state index contributed by atoms with van der Waals surface area (Å²) in [5.41, 5.74) is -0.141. The van der Waals surface area contributed by atoms with Crippen LogP contribution >= 0.6 is 0 Å². The summed E-state index contributed by atoms with van der Waals surface area (Å²) in [5, 5.41) is 4.84. The van der Waals surface area contributed by atoms with Gasteiger partial charge in [0.15, 0.2) is 0 Å². The van der Waals surface area contributed by atoms with Gasteiger partial charge in [0, 0.05) is 25.2 Å². The van der Waals surface area contributed by atoms with Crippen molar-refractivity contribution >= 4 is 23.8 Å². The predicted molar refractivity (Wildman–Crippen MR) is 102 cm³/mol. The number of methoxy groups -OCH3 is 1. The maximum absolute atomic E-state index is 12.9. The number of nitrogens with zero attached hydrogens (tertiary/aromatic N) is 2. The van der Waals surface area contributed by atoms with Crippen LogP contribution in [0.25, 0.3) is 0 Å². The molecule has 3 aliphatic heterocycles. The number of imide groups is 1. The second-order valence-corrected chi connectivity index (χ2v) is 7.79. The molecular weight excluding hydrogens is 376 g/mol. The van der Waals surface area contributed by atoms with Crippen molar-refractivity contribution in [2.45, 2.75) is 37.8 Å². The highest BCUT2D eigenvalue weighted by Gasteiger charge is 2.51. The highest BCUT2D eigenvalue weighted by Crippen LogP contribution is 2.30. The van der Waals surface area contributed by atoms with Crippen LogP contribution in [0.4, 0.5) is 4.79 Å². The fourth-order valence-corrected chi connectivity index (χ4v) is 4.25. The van der Waals surface area contributed by atoms with Crippen LogP contribution in [-0.2, 0) is 16.1 Å². The van der Waals surface area contributed by atoms with Gasteiger partial charge >= 0.3 is 6.03 Å². The minimum absolute atomic E-state index is 0.0695. The Bertz CT molecular complexity index is 880. The Morgan fingerprint density at radius 2 is 1.93 bits per heavy atom. The molecular formula is C20H24N4O5. The molecule has 1 aromatic carbocycles. The number of carbonyl (C=O) groups excluding carboxylic acids is 4. The van der Waals surface area contributed by atoms with E-state index in [1.807, 2.05) is 6.07 Å². The van der Waals surface area contributed by atoms with E-state index >= 15 is 0 Å². The van der Waals surface area contributed by atoms with Crippen molar-refractivity contribution in [2.24, 2.45) is 0 Å². The fraction of sp³-hybridized carbons (Fsp3) is 0.500. The van der Waals surface area contributed by atoms with Crippen LogP contribution in [0, 0.1) is 0 Å². The highest BCUT2D eigenvalue weighted by molar-refractivity contribution is 6.09. The normalized spacial score (nSPS) is 23.7. The lowest BCUT2D eigenvalue weighted by Crippen LogP contribution is -2.58. The molecule has 2 N–H and O–H groups in total. The third kappa shape index (κ3) is 3.52. The number of benzene rings is 1. The minimum atomic E-state index is -1.46. The number of hydrogen-bond acceptors (Lipinski definition) is 5. The van der Waals surface area contributed by atoms with Crippen molar-refractivity contribution in [3.05, 3.63) is 29.3 Å². The van der Waals surface area contributed by atoms with E-state index in [2.05, 4.69) is 10.6 Å². The van der Waals surface area contributed by atoms with Gasteiger partial charge in [-0.3, -0.25) is 19.7 Å². The van der Waals surface area contributed by atoms with Crippen LogP contribution in [-0.4, -0.2) is 65.8 Å². The maximum Gasteiger partial charge on any atom is 0.322 e. The molecule has 2 saturated heterocycles. The van der Waals surface area contributed by atoms with E-state index in [4.69, 9.17) is 4.74 Å². The summed E-state index contributed by atoms with van der Waals surface area (Å²) in [6.45, 7) is 1.54. The van der Waals surface area contributed by atoms with Gasteiger partial charge < -0.3 is 19.9 Å². The van der Waals surface area contributed by atoms with Crippen molar-refractivity contribution < 1.29 is 23.9 Å². The number of nitrogens with one attached hydrogen (secondary N) is 2. The Morgan fingerprint density at radius 3 is 2.59 bits per heavy atom. The Morgan fingerprint density at radius 1 is 1.17 bits per heavy atom. The van der Waals surface area contributed by atoms with Crippen LogP contribution in [0.3, 0.4) is 0 Å². The number of hydrogen-bond donors (Lipinski definition) is 2. The summed E-state index contributed by atoms with van der Waals surface area (Å²) in [4.78, 5) is 53.5. The summed E-state index contributed by atoms with van der Waals surface area (Å²) in [6.07, 6.45) is 2.77. The standard InChI is InChI=1S/C20H24N4O5/c1-29-14-6-5-13-11-24(17(26)15(13)9-14)12-20(18(27)21-19(28)22-20)10-16(25)23-7-3-2-4-8-23/h5-6,9H,2-4,7-8,10-12H2,1H3,(H2,21,22,27,28). The third-order valence-corrected chi connectivity index (χ3v) is 5.83. The van der Waals surface area contributed by atoms with Crippen molar-refractivity contribution in [3.63, 3.8) is 0 Å². The van der Waals surface area contributed by atoms with Gasteiger partial charge in [-0.25, -0.2) is 4.79 Å². The van der Waals surface area contributed by atoms with Gasteiger partial charge in [-0.2, -0.15) is 0 Å². The zero-order valence-corrected chi connectivity index (χ0v) is 16.3. The number of likely N-dealkylation sites (tertiary alicyclic amines) is 1. The molecule has 4 rings (SSSR count). The fourth-order valence-electron chi connectivity index (χ4n) is 4.25. The van der Waals surface area contributed by atoms with Gasteiger partial charge in [0.25, 0.3) is 11.8 Å². The molecule has 0 aliphatic carbocycles. The quantitative estimate of drug-likeness (QED) is 0.705. The molecule has 0 spiro atoms. The number of fused-ring (bicyclic) bond motifs is 1. The smallest absolute Gasteiger partial charge is 0.322 e. The van der Waals surface area contributed by atoms with Crippen LogP contribution in [0.5, 0.6) is 5.75 Å². The molecule has 3 aliphatic rings. The summed E-state index contributed by atoms with van der Waals surface area (Å²) in [6, 6.07) is 4.60. The summed E-state index contributed by atoms with van der Waals surface area (Å²) < 4.78 is 5.19. The number of piperidine rings is 1. The molecule has 9 heteroatoms. The first-order valence-corrected chi connectivity index (χ1v) is 9.79. The number of urea groups is 1. The first kappa shape index (κ1) is 19.2. The molecule has 29 heavy (non-hydrogen) atoms. The van der Waals surface area contributed by atoms with E-state index in [9.17, 15) is 19.2 Å². The molecule has 9 nitrogen and oxygen atoms in total. The average Bonchev–Trinajstić information content (AvgIpc) is 3.17. The van der Waals surface area contributed by atoms with Gasteiger partial charge in [-0.05, 0) is 37.0 Å². The summed E-state index contributed by atoms with van der Waals surface area (Å²) in [5.74, 6) is -0.444. The monoisotopic (exact) mass is 400 g/mol. The second-order valence-electron chi connectivity index (χ2n) is 7.79. The van der Waals surface area contributed by atoms with Crippen LogP contribution in [0.15, 0.2) is 18.2 Å². The molecule has 0 radical (unpaired) electrons. The molecule has 1 aromatic rings. The maximum atomic E-state index is 12.9. The van der Waals surface area contributed by atoms with E-state index in [-0.39, 0.29) is 24.8 Å². The largest absolute Gasteiger partial charge is 0.497 e. The lowest BCUT2D eigenvalue weighted by atomic mass is 9.93. The Balaban J connectivity index is 1.55. The van der Waals surface area contributed by atoms with Crippen molar-refractivity contribution in [1.29, 1.82) is 0 Å². The van der Waals surface area contributed by atoms with Crippen molar-refractivity contribution in [1.82, 2.24) is 20.4 Å². The van der Waals surface area contributed by atoms with Gasteiger partial charge in [0.1, 0.15) is 11.3 Å². The zero-order chi connectivity index (χ0) is 20.6. The van der Waals surface area contributed by atoms with Gasteiger partial charge in [0.2, 0.25) is 5.91 Å². The molecule has 1 unspecified atom stereocenters. The lowest BCUT2D eigenvalue weighted by molar-refractivity contribution is -0.137. The molecule has 0 saturated carbocycles. The van der Waals surface area contributed by atoms with Gasteiger partial charge in [0.05, 0.1) is 20.1 Å². The molecule has 154 valence electrons. The third-order valence-electron chi connectivity index (χ3n) is 5.83. The van der Waals surface area contributed by atoms with Gasteiger partial charge in [-0.1, -0.05) is 6.07 Å². The van der Waals surface area contributed by atoms with Crippen molar-refractivity contribution in [2.75, 3.05) is 26.7 Å². The molecule has 1 atom stereocenters. The molecule has 3 heterocycles. The Kier molecular flexibility index (Phi) is 4.89. The molecule has 2 fully saturated rings. The van der Waals surface area contributed by atoms with Crippen LogP contribution < -0.4 is 15.4 Å². The van der Waals surface area contributed by atoms with E-state index < -0.39 is 17.5 Å². The van der Waals surface area contributed by atoms with E-state index in [0.717, 1.165) is 24.8 Å². The minimum Gasteiger partial charge on any atom is -0.497 e. The summed E-state index contributed by atoms with van der Waals surface area (Å²) in [7, 11) is 1.53. The second kappa shape index (κ2) is 7.38. The number of amides is 5. The first-order valence-electron chi connectivity index (χ1n) is 9.79. The average molecular weight is 400 g/mol.